The smallest absolute Gasteiger partial charge is 0.325 e. The second kappa shape index (κ2) is 13.7. The van der Waals surface area contributed by atoms with E-state index in [2.05, 4.69) is 47.0 Å². The van der Waals surface area contributed by atoms with Gasteiger partial charge in [-0.05, 0) is 74.3 Å². The van der Waals surface area contributed by atoms with Gasteiger partial charge in [-0.2, -0.15) is 0 Å². The van der Waals surface area contributed by atoms with Crippen LogP contribution < -0.4 is 10.1 Å². The molecule has 2 unspecified atom stereocenters. The van der Waals surface area contributed by atoms with E-state index in [9.17, 15) is 14.3 Å². The first-order valence-corrected chi connectivity index (χ1v) is 16.3. The molecule has 10 heteroatoms. The van der Waals surface area contributed by atoms with Crippen molar-refractivity contribution < 1.29 is 28.2 Å². The molecule has 1 aromatic carbocycles. The van der Waals surface area contributed by atoms with Gasteiger partial charge in [-0.25, -0.2) is 13.8 Å². The topological polar surface area (TPSA) is 83.9 Å². The summed E-state index contributed by atoms with van der Waals surface area (Å²) in [5.74, 6) is 0.0297. The van der Waals surface area contributed by atoms with Crippen LogP contribution in [0.3, 0.4) is 0 Å². The lowest BCUT2D eigenvalue weighted by Gasteiger charge is -2.33. The third-order valence-electron chi connectivity index (χ3n) is 9.18. The second-order valence-corrected chi connectivity index (χ2v) is 14.4. The molecule has 0 spiro atoms. The van der Waals surface area contributed by atoms with E-state index < -0.39 is 23.5 Å². The van der Waals surface area contributed by atoms with Gasteiger partial charge in [0.1, 0.15) is 35.7 Å². The Bertz CT molecular complexity index is 1240. The third kappa shape index (κ3) is 7.53. The summed E-state index contributed by atoms with van der Waals surface area (Å²) in [4.78, 5) is 19.3. The largest absolute Gasteiger partial charge is 0.490 e. The number of pyridine rings is 1. The van der Waals surface area contributed by atoms with Crippen molar-refractivity contribution in [2.24, 2.45) is 5.92 Å². The number of nitrogens with one attached hydrogen (secondary N) is 1. The van der Waals surface area contributed by atoms with Crippen molar-refractivity contribution >= 4 is 34.4 Å². The van der Waals surface area contributed by atoms with E-state index in [0.29, 0.717) is 32.2 Å². The minimum atomic E-state index is -1.55. The molecule has 3 aliphatic heterocycles. The molecular weight excluding hydrogens is 655 g/mol. The van der Waals surface area contributed by atoms with Crippen molar-refractivity contribution in [3.63, 3.8) is 0 Å². The zero-order valence-electron chi connectivity index (χ0n) is 24.3. The summed E-state index contributed by atoms with van der Waals surface area (Å²) in [7, 11) is 0. The molecule has 0 amide bonds. The van der Waals surface area contributed by atoms with Crippen LogP contribution in [-0.2, 0) is 22.4 Å². The summed E-state index contributed by atoms with van der Waals surface area (Å²) in [5, 5.41) is 13.7. The molecule has 5 rings (SSSR count). The number of hydrogen-bond donors (Lipinski definition) is 2. The molecule has 3 aliphatic rings. The Kier molecular flexibility index (Phi) is 10.2. The van der Waals surface area contributed by atoms with Crippen LogP contribution in [-0.4, -0.2) is 69.5 Å². The molecule has 4 heterocycles. The molecule has 230 valence electrons. The van der Waals surface area contributed by atoms with Gasteiger partial charge in [-0.1, -0.05) is 42.0 Å². The fraction of sp³-hybridized carbons (Fsp3) is 0.625. The summed E-state index contributed by atoms with van der Waals surface area (Å²) in [5.41, 5.74) is 1.12. The van der Waals surface area contributed by atoms with Gasteiger partial charge < -0.3 is 19.9 Å². The molecule has 0 bridgehead atoms. The lowest BCUT2D eigenvalue weighted by atomic mass is 9.88. The first-order valence-electron chi connectivity index (χ1n) is 15.2. The number of carbonyl (C=O) groups is 1. The van der Waals surface area contributed by atoms with Crippen molar-refractivity contribution in [3.05, 3.63) is 53.0 Å². The SMILES string of the molecule is CC(CCCCc1ccc2c(n1)NCCC2)[C@]1(I)CCN(C(C(=O)O)c2cc(F)ccc2OCC2(F)CCOCC2)C1. The molecule has 2 aromatic rings. The first kappa shape index (κ1) is 31.4. The summed E-state index contributed by atoms with van der Waals surface area (Å²) in [6.07, 6.45) is 7.62. The predicted molar refractivity (Wildman–Crippen MR) is 167 cm³/mol. The number of nitrogens with zero attached hydrogens (tertiary/aromatic N) is 2. The van der Waals surface area contributed by atoms with E-state index in [1.807, 2.05) is 4.90 Å². The minimum absolute atomic E-state index is 0.0983. The van der Waals surface area contributed by atoms with E-state index in [1.54, 1.807) is 0 Å². The number of alkyl halides is 2. The number of hydrogen-bond acceptors (Lipinski definition) is 6. The van der Waals surface area contributed by atoms with E-state index in [4.69, 9.17) is 14.5 Å². The highest BCUT2D eigenvalue weighted by Crippen LogP contribution is 2.44. The van der Waals surface area contributed by atoms with Crippen LogP contribution >= 0.6 is 22.6 Å². The number of carboxylic acids is 1. The molecule has 1 aromatic heterocycles. The monoisotopic (exact) mass is 697 g/mol. The van der Waals surface area contributed by atoms with Crippen molar-refractivity contribution in [1.82, 2.24) is 9.88 Å². The van der Waals surface area contributed by atoms with Crippen molar-refractivity contribution in [1.29, 1.82) is 0 Å². The van der Waals surface area contributed by atoms with Gasteiger partial charge in [0.05, 0.1) is 0 Å². The van der Waals surface area contributed by atoms with Crippen LogP contribution in [0.2, 0.25) is 0 Å². The Balaban J connectivity index is 1.19. The number of aromatic nitrogens is 1. The Morgan fingerprint density at radius 3 is 2.83 bits per heavy atom. The van der Waals surface area contributed by atoms with E-state index in [-0.39, 0.29) is 34.2 Å². The second-order valence-electron chi connectivity index (χ2n) is 12.2. The molecular formula is C32H42F2IN3O4. The van der Waals surface area contributed by atoms with Gasteiger partial charge in [0, 0.05) is 60.4 Å². The van der Waals surface area contributed by atoms with Gasteiger partial charge in [-0.3, -0.25) is 9.69 Å². The third-order valence-corrected chi connectivity index (χ3v) is 11.1. The lowest BCUT2D eigenvalue weighted by molar-refractivity contribution is -0.143. The number of fused-ring (bicyclic) bond motifs is 1. The number of aryl methyl sites for hydroxylation is 2. The summed E-state index contributed by atoms with van der Waals surface area (Å²) in [6, 6.07) is 7.16. The number of halogens is 3. The Hall–Kier alpha value is -2.05. The number of benzene rings is 1. The minimum Gasteiger partial charge on any atom is -0.490 e. The molecule has 2 fully saturated rings. The zero-order chi connectivity index (χ0) is 29.7. The number of likely N-dealkylation sites (tertiary alicyclic amines) is 1. The predicted octanol–water partition coefficient (Wildman–Crippen LogP) is 6.53. The molecule has 0 radical (unpaired) electrons. The summed E-state index contributed by atoms with van der Waals surface area (Å²) in [6.45, 7) is 4.81. The molecule has 0 saturated carbocycles. The number of anilines is 1. The standard InChI is InChI=1S/C32H42F2IN3O4/c1-22(5-2-3-7-25-10-8-23-6-4-15-36-29(23)37-25)32(35)12-16-38(20-32)28(30(39)40)26-19-24(33)9-11-27(26)42-21-31(34)13-17-41-18-14-31/h8-11,19,22,28H,2-7,12-18,20-21H2,1H3,(H,36,37)(H,39,40)/t22?,28?,32-/m0/s1. The normalized spacial score (nSPS) is 23.5. The van der Waals surface area contributed by atoms with Crippen LogP contribution in [0.1, 0.15) is 74.7 Å². The van der Waals surface area contributed by atoms with Crippen LogP contribution in [0.25, 0.3) is 0 Å². The van der Waals surface area contributed by atoms with E-state index in [1.165, 1.54) is 23.8 Å². The number of aliphatic carboxylic acids is 1. The average molecular weight is 698 g/mol. The van der Waals surface area contributed by atoms with Crippen molar-refractivity contribution in [2.75, 3.05) is 44.8 Å². The van der Waals surface area contributed by atoms with Gasteiger partial charge in [0.15, 0.2) is 0 Å². The fourth-order valence-corrected chi connectivity index (χ4v) is 7.40. The highest BCUT2D eigenvalue weighted by molar-refractivity contribution is 14.1. The molecule has 0 aliphatic carbocycles. The highest BCUT2D eigenvalue weighted by atomic mass is 127. The van der Waals surface area contributed by atoms with Crippen molar-refractivity contribution in [2.45, 2.75) is 79.8 Å². The van der Waals surface area contributed by atoms with Crippen LogP contribution in [0, 0.1) is 11.7 Å². The fourth-order valence-electron chi connectivity index (χ4n) is 6.41. The number of unbranched alkanes of at least 4 members (excludes halogenated alkanes) is 1. The lowest BCUT2D eigenvalue weighted by Crippen LogP contribution is -2.39. The number of rotatable bonds is 12. The van der Waals surface area contributed by atoms with Gasteiger partial charge in [0.2, 0.25) is 0 Å². The summed E-state index contributed by atoms with van der Waals surface area (Å²) >= 11 is 2.51. The Morgan fingerprint density at radius 2 is 2.05 bits per heavy atom. The maximum Gasteiger partial charge on any atom is 0.325 e. The molecule has 2 N–H and O–H groups in total. The van der Waals surface area contributed by atoms with Crippen LogP contribution in [0.15, 0.2) is 30.3 Å². The highest BCUT2D eigenvalue weighted by Gasteiger charge is 2.45. The zero-order valence-corrected chi connectivity index (χ0v) is 26.5. The van der Waals surface area contributed by atoms with Crippen LogP contribution in [0.5, 0.6) is 5.75 Å². The van der Waals surface area contributed by atoms with E-state index in [0.717, 1.165) is 63.0 Å². The Labute approximate surface area is 260 Å². The van der Waals surface area contributed by atoms with Gasteiger partial charge in [-0.15, -0.1) is 0 Å². The molecule has 7 nitrogen and oxygen atoms in total. The molecule has 2 saturated heterocycles. The van der Waals surface area contributed by atoms with Gasteiger partial charge >= 0.3 is 5.97 Å². The maximum absolute atomic E-state index is 15.2. The number of ether oxygens (including phenoxy) is 2. The van der Waals surface area contributed by atoms with Gasteiger partial charge in [0.25, 0.3) is 0 Å². The summed E-state index contributed by atoms with van der Waals surface area (Å²) < 4.78 is 40.6. The molecule has 3 atom stereocenters. The quantitative estimate of drug-likeness (QED) is 0.148. The van der Waals surface area contributed by atoms with Crippen LogP contribution in [0.4, 0.5) is 14.6 Å². The Morgan fingerprint density at radius 1 is 1.24 bits per heavy atom. The van der Waals surface area contributed by atoms with E-state index >= 15 is 4.39 Å². The van der Waals surface area contributed by atoms with Crippen molar-refractivity contribution in [3.8, 4) is 5.75 Å². The average Bonchev–Trinajstić information content (AvgIpc) is 3.37. The first-order chi connectivity index (χ1) is 20.2. The molecule has 42 heavy (non-hydrogen) atoms. The number of carboxylic acid groups (broad SMARTS) is 1. The maximum atomic E-state index is 15.2.